The maximum absolute atomic E-state index is 13.7. The van der Waals surface area contributed by atoms with E-state index in [2.05, 4.69) is 5.32 Å². The second-order valence-corrected chi connectivity index (χ2v) is 9.36. The molecule has 2 aliphatic heterocycles. The van der Waals surface area contributed by atoms with Gasteiger partial charge in [0.1, 0.15) is 5.75 Å². The third-order valence-electron chi connectivity index (χ3n) is 6.55. The maximum Gasteiger partial charge on any atom is 0.241 e. The molecule has 2 fully saturated rings. The Kier molecular flexibility index (Phi) is 8.85. The first kappa shape index (κ1) is 26.6. The smallest absolute Gasteiger partial charge is 0.241 e. The quantitative estimate of drug-likeness (QED) is 0.475. The van der Waals surface area contributed by atoms with Crippen LogP contribution in [0.5, 0.6) is 5.75 Å². The number of imide groups is 1. The van der Waals surface area contributed by atoms with Gasteiger partial charge < -0.3 is 19.7 Å². The van der Waals surface area contributed by atoms with Crippen LogP contribution in [0.2, 0.25) is 0 Å². The first-order chi connectivity index (χ1) is 16.7. The fraction of sp³-hybridized carbons (Fsp3) is 0.600. The van der Waals surface area contributed by atoms with Crippen LogP contribution in [0.15, 0.2) is 24.3 Å². The van der Waals surface area contributed by atoms with Gasteiger partial charge in [0.2, 0.25) is 23.6 Å². The van der Waals surface area contributed by atoms with Gasteiger partial charge in [0, 0.05) is 57.7 Å². The van der Waals surface area contributed by atoms with E-state index in [0.29, 0.717) is 37.5 Å². The molecule has 0 radical (unpaired) electrons. The molecule has 2 aliphatic rings. The summed E-state index contributed by atoms with van der Waals surface area (Å²) in [5, 5.41) is 2.88. The van der Waals surface area contributed by atoms with Gasteiger partial charge in [-0.1, -0.05) is 18.2 Å². The highest BCUT2D eigenvalue weighted by Crippen LogP contribution is 2.44. The topological polar surface area (TPSA) is 108 Å². The highest BCUT2D eigenvalue weighted by molar-refractivity contribution is 6.11. The number of ether oxygens (including phenoxy) is 2. The molecule has 10 nitrogen and oxygen atoms in total. The van der Waals surface area contributed by atoms with E-state index in [-0.39, 0.29) is 56.3 Å². The summed E-state index contributed by atoms with van der Waals surface area (Å²) in [6.45, 7) is 6.49. The molecule has 0 bridgehead atoms. The molecule has 1 aromatic rings. The third kappa shape index (κ3) is 5.99. The standard InChI is InChI=1S/C25H36N4O6/c1-18(2)26-21(30)17-27-9-11-28(12-10-27)22(31)15-25(19-7-5-6-8-20(19)35-4)16-23(32)29(24(25)33)13-14-34-3/h5-8,18H,9-17H2,1-4H3,(H,26,30)/t25-/m1/s1. The number of hydrogen-bond donors (Lipinski definition) is 1. The number of likely N-dealkylation sites (tertiary alicyclic amines) is 1. The fourth-order valence-corrected chi connectivity index (χ4v) is 4.79. The van der Waals surface area contributed by atoms with Crippen molar-refractivity contribution < 1.29 is 28.7 Å². The number of rotatable bonds is 10. The van der Waals surface area contributed by atoms with Crippen molar-refractivity contribution in [1.82, 2.24) is 20.0 Å². The van der Waals surface area contributed by atoms with Crippen molar-refractivity contribution in [3.05, 3.63) is 29.8 Å². The number of hydrogen-bond acceptors (Lipinski definition) is 7. The van der Waals surface area contributed by atoms with E-state index in [1.54, 1.807) is 29.2 Å². The molecule has 0 aromatic heterocycles. The molecule has 10 heteroatoms. The lowest BCUT2D eigenvalue weighted by atomic mass is 9.75. The fourth-order valence-electron chi connectivity index (χ4n) is 4.79. The van der Waals surface area contributed by atoms with E-state index in [1.807, 2.05) is 18.7 Å². The molecule has 2 heterocycles. The number of nitrogens with zero attached hydrogens (tertiary/aromatic N) is 3. The van der Waals surface area contributed by atoms with E-state index in [4.69, 9.17) is 9.47 Å². The van der Waals surface area contributed by atoms with Gasteiger partial charge in [-0.2, -0.15) is 0 Å². The van der Waals surface area contributed by atoms with Gasteiger partial charge in [-0.15, -0.1) is 0 Å². The first-order valence-electron chi connectivity index (χ1n) is 12.0. The Balaban J connectivity index is 1.77. The molecule has 35 heavy (non-hydrogen) atoms. The maximum atomic E-state index is 13.7. The molecule has 0 aliphatic carbocycles. The third-order valence-corrected chi connectivity index (χ3v) is 6.55. The van der Waals surface area contributed by atoms with Crippen LogP contribution in [0, 0.1) is 0 Å². The van der Waals surface area contributed by atoms with Gasteiger partial charge in [0.05, 0.1) is 32.2 Å². The summed E-state index contributed by atoms with van der Waals surface area (Å²) in [7, 11) is 3.01. The number of para-hydroxylation sites is 1. The van der Waals surface area contributed by atoms with Gasteiger partial charge in [-0.25, -0.2) is 0 Å². The van der Waals surface area contributed by atoms with Crippen molar-refractivity contribution in [2.75, 3.05) is 60.1 Å². The predicted octanol–water partition coefficient (Wildman–Crippen LogP) is 0.397. The predicted molar refractivity (Wildman–Crippen MR) is 129 cm³/mol. The number of amides is 4. The number of carbonyl (C=O) groups excluding carboxylic acids is 4. The minimum absolute atomic E-state index is 0.0406. The molecule has 1 N–H and O–H groups in total. The summed E-state index contributed by atoms with van der Waals surface area (Å²) >= 11 is 0. The second-order valence-electron chi connectivity index (χ2n) is 9.36. The molecule has 192 valence electrons. The zero-order chi connectivity index (χ0) is 25.6. The summed E-state index contributed by atoms with van der Waals surface area (Å²) in [5.74, 6) is -0.498. The highest BCUT2D eigenvalue weighted by Gasteiger charge is 2.55. The SMILES string of the molecule is COCCN1C(=O)C[C@](CC(=O)N2CCN(CC(=O)NC(C)C)CC2)(c2ccccc2OC)C1=O. The lowest BCUT2D eigenvalue weighted by Crippen LogP contribution is -2.53. The minimum Gasteiger partial charge on any atom is -0.496 e. The Morgan fingerprint density at radius 3 is 2.40 bits per heavy atom. The Labute approximate surface area is 206 Å². The minimum atomic E-state index is -1.33. The average molecular weight is 489 g/mol. The molecule has 2 saturated heterocycles. The van der Waals surface area contributed by atoms with Gasteiger partial charge in [-0.05, 0) is 19.9 Å². The lowest BCUT2D eigenvalue weighted by molar-refractivity contribution is -0.143. The van der Waals surface area contributed by atoms with Gasteiger partial charge in [0.15, 0.2) is 0 Å². The van der Waals surface area contributed by atoms with Gasteiger partial charge in [-0.3, -0.25) is 29.0 Å². The number of piperazine rings is 1. The van der Waals surface area contributed by atoms with Crippen molar-refractivity contribution in [3.63, 3.8) is 0 Å². The van der Waals surface area contributed by atoms with Crippen LogP contribution in [0.25, 0.3) is 0 Å². The van der Waals surface area contributed by atoms with Gasteiger partial charge >= 0.3 is 0 Å². The number of benzene rings is 1. The summed E-state index contributed by atoms with van der Waals surface area (Å²) in [6, 6.07) is 7.13. The first-order valence-corrected chi connectivity index (χ1v) is 12.0. The average Bonchev–Trinajstić information content (AvgIpc) is 3.06. The van der Waals surface area contributed by atoms with E-state index in [0.717, 1.165) is 0 Å². The summed E-state index contributed by atoms with van der Waals surface area (Å²) < 4.78 is 10.6. The van der Waals surface area contributed by atoms with Crippen LogP contribution in [0.4, 0.5) is 0 Å². The molecule has 1 aromatic carbocycles. The number of carbonyl (C=O) groups is 4. The van der Waals surface area contributed by atoms with E-state index >= 15 is 0 Å². The van der Waals surface area contributed by atoms with Crippen molar-refractivity contribution in [2.45, 2.75) is 38.1 Å². The van der Waals surface area contributed by atoms with E-state index < -0.39 is 11.3 Å². The van der Waals surface area contributed by atoms with Crippen LogP contribution in [0.3, 0.4) is 0 Å². The monoisotopic (exact) mass is 488 g/mol. The summed E-state index contributed by atoms with van der Waals surface area (Å²) in [5.41, 5.74) is -0.791. The summed E-state index contributed by atoms with van der Waals surface area (Å²) in [4.78, 5) is 57.0. The van der Waals surface area contributed by atoms with Gasteiger partial charge in [0.25, 0.3) is 0 Å². The van der Waals surface area contributed by atoms with Crippen molar-refractivity contribution >= 4 is 23.6 Å². The zero-order valence-corrected chi connectivity index (χ0v) is 21.0. The van der Waals surface area contributed by atoms with Crippen LogP contribution >= 0.6 is 0 Å². The molecule has 0 unspecified atom stereocenters. The molecule has 3 rings (SSSR count). The normalized spacial score (nSPS) is 21.1. The Morgan fingerprint density at radius 1 is 1.09 bits per heavy atom. The van der Waals surface area contributed by atoms with E-state index in [1.165, 1.54) is 19.1 Å². The van der Waals surface area contributed by atoms with Crippen molar-refractivity contribution in [3.8, 4) is 5.75 Å². The molecule has 1 atom stereocenters. The Hall–Kier alpha value is -2.98. The van der Waals surface area contributed by atoms with Crippen LogP contribution in [-0.4, -0.2) is 104 Å². The summed E-state index contributed by atoms with van der Waals surface area (Å²) in [6.07, 6.45) is -0.230. The second kappa shape index (κ2) is 11.6. The Bertz CT molecular complexity index is 944. The molecule has 0 saturated carbocycles. The van der Waals surface area contributed by atoms with Crippen LogP contribution < -0.4 is 10.1 Å². The Morgan fingerprint density at radius 2 is 1.77 bits per heavy atom. The lowest BCUT2D eigenvalue weighted by Gasteiger charge is -2.36. The van der Waals surface area contributed by atoms with Crippen LogP contribution in [0.1, 0.15) is 32.3 Å². The molecule has 0 spiro atoms. The van der Waals surface area contributed by atoms with Crippen LogP contribution in [-0.2, 0) is 29.3 Å². The number of methoxy groups -OCH3 is 2. The van der Waals surface area contributed by atoms with Crippen molar-refractivity contribution in [2.24, 2.45) is 0 Å². The van der Waals surface area contributed by atoms with Crippen molar-refractivity contribution in [1.29, 1.82) is 0 Å². The number of nitrogens with one attached hydrogen (secondary N) is 1. The molecular weight excluding hydrogens is 452 g/mol. The van der Waals surface area contributed by atoms with E-state index in [9.17, 15) is 19.2 Å². The zero-order valence-electron chi connectivity index (χ0n) is 21.0. The molecule has 4 amide bonds. The highest BCUT2D eigenvalue weighted by atomic mass is 16.5. The largest absolute Gasteiger partial charge is 0.496 e. The molecular formula is C25H36N4O6.